The number of para-hydroxylation sites is 2. The predicted octanol–water partition coefficient (Wildman–Crippen LogP) is 8.30. The summed E-state index contributed by atoms with van der Waals surface area (Å²) >= 11 is 0. The molecule has 2 heteroatoms. The van der Waals surface area contributed by atoms with E-state index in [1.807, 2.05) is 0 Å². The van der Waals surface area contributed by atoms with Gasteiger partial charge in [-0.1, -0.05) is 84.9 Å². The normalized spacial score (nSPS) is 10.9. The number of nitrogens with zero attached hydrogens (tertiary/aromatic N) is 2. The van der Waals surface area contributed by atoms with Gasteiger partial charge in [-0.2, -0.15) is 0 Å². The van der Waals surface area contributed by atoms with E-state index in [-0.39, 0.29) is 0 Å². The molecule has 0 aliphatic carbocycles. The van der Waals surface area contributed by atoms with E-state index in [9.17, 15) is 0 Å². The molecule has 0 aliphatic rings. The van der Waals surface area contributed by atoms with E-state index in [1.54, 1.807) is 0 Å². The highest BCUT2D eigenvalue weighted by Gasteiger charge is 2.11. The molecule has 0 aliphatic heterocycles. The molecule has 0 saturated carbocycles. The minimum absolute atomic E-state index is 0.940. The smallest absolute Gasteiger partial charge is 0.0445 e. The van der Waals surface area contributed by atoms with E-state index in [0.717, 1.165) is 32.6 Å². The molecule has 180 valence electrons. The van der Waals surface area contributed by atoms with Gasteiger partial charge in [0, 0.05) is 48.7 Å². The van der Waals surface area contributed by atoms with Crippen LogP contribution in [-0.2, 0) is 6.42 Å². The topological polar surface area (TPSA) is 6.48 Å². The largest absolute Gasteiger partial charge is 0.372 e. The summed E-state index contributed by atoms with van der Waals surface area (Å²) in [5.74, 6) is 0. The lowest BCUT2D eigenvalue weighted by atomic mass is 9.97. The highest BCUT2D eigenvalue weighted by atomic mass is 15.1. The molecule has 4 aromatic carbocycles. The van der Waals surface area contributed by atoms with Crippen LogP contribution in [0.15, 0.2) is 97.1 Å². The first-order valence-corrected chi connectivity index (χ1v) is 13.0. The third kappa shape index (κ3) is 5.59. The van der Waals surface area contributed by atoms with Gasteiger partial charge in [0.25, 0.3) is 0 Å². The zero-order valence-corrected chi connectivity index (χ0v) is 21.7. The Morgan fingerprint density at radius 2 is 0.771 bits per heavy atom. The van der Waals surface area contributed by atoms with E-state index in [0.29, 0.717) is 0 Å². The average Bonchev–Trinajstić information content (AvgIpc) is 2.92. The molecule has 0 atom stereocenters. The minimum Gasteiger partial charge on any atom is -0.372 e. The van der Waals surface area contributed by atoms with E-state index >= 15 is 0 Å². The van der Waals surface area contributed by atoms with Crippen molar-refractivity contribution >= 4 is 11.4 Å². The molecule has 0 radical (unpaired) electrons. The summed E-state index contributed by atoms with van der Waals surface area (Å²) in [6, 6.07) is 35.7. The molecule has 0 aromatic heterocycles. The fraction of sp³-hybridized carbons (Fsp3) is 0.273. The van der Waals surface area contributed by atoms with Gasteiger partial charge in [0.15, 0.2) is 0 Å². The highest BCUT2D eigenvalue weighted by Crippen LogP contribution is 2.32. The molecule has 0 N–H and O–H groups in total. The molecular weight excluding hydrogens is 424 g/mol. The van der Waals surface area contributed by atoms with Crippen LogP contribution in [0.4, 0.5) is 11.4 Å². The Labute approximate surface area is 211 Å². The van der Waals surface area contributed by atoms with Gasteiger partial charge in [0.05, 0.1) is 0 Å². The fourth-order valence-electron chi connectivity index (χ4n) is 4.96. The predicted molar refractivity (Wildman–Crippen MR) is 154 cm³/mol. The van der Waals surface area contributed by atoms with Crippen LogP contribution in [0.25, 0.3) is 22.3 Å². The van der Waals surface area contributed by atoms with Crippen molar-refractivity contribution in [2.75, 3.05) is 36.0 Å². The van der Waals surface area contributed by atoms with Gasteiger partial charge < -0.3 is 9.80 Å². The second-order valence-corrected chi connectivity index (χ2v) is 8.95. The summed E-state index contributed by atoms with van der Waals surface area (Å²) in [5.41, 5.74) is 10.5. The summed E-state index contributed by atoms with van der Waals surface area (Å²) in [4.78, 5) is 4.84. The zero-order valence-electron chi connectivity index (χ0n) is 21.7. The Balaban J connectivity index is 1.52. The van der Waals surface area contributed by atoms with E-state index in [4.69, 9.17) is 0 Å². The minimum atomic E-state index is 0.940. The van der Waals surface area contributed by atoms with Crippen LogP contribution in [0.5, 0.6) is 0 Å². The van der Waals surface area contributed by atoms with Crippen molar-refractivity contribution in [3.05, 3.63) is 108 Å². The molecule has 0 amide bonds. The molecule has 0 saturated heterocycles. The second kappa shape index (κ2) is 11.8. The summed E-state index contributed by atoms with van der Waals surface area (Å²) < 4.78 is 0. The van der Waals surface area contributed by atoms with Gasteiger partial charge in [-0.15, -0.1) is 0 Å². The van der Waals surface area contributed by atoms with Crippen molar-refractivity contribution < 1.29 is 0 Å². The average molecular weight is 463 g/mol. The fourth-order valence-corrected chi connectivity index (χ4v) is 4.96. The van der Waals surface area contributed by atoms with E-state index in [2.05, 4.69) is 135 Å². The molecule has 2 nitrogen and oxygen atoms in total. The quantitative estimate of drug-likeness (QED) is 0.234. The Hall–Kier alpha value is -3.52. The monoisotopic (exact) mass is 462 g/mol. The Kier molecular flexibility index (Phi) is 8.26. The first-order chi connectivity index (χ1) is 17.2. The van der Waals surface area contributed by atoms with Crippen molar-refractivity contribution in [1.82, 2.24) is 0 Å². The summed E-state index contributed by atoms with van der Waals surface area (Å²) in [5, 5.41) is 0. The number of rotatable bonds is 10. The van der Waals surface area contributed by atoms with Crippen molar-refractivity contribution in [1.29, 1.82) is 0 Å². The molecule has 35 heavy (non-hydrogen) atoms. The zero-order chi connectivity index (χ0) is 24.6. The summed E-state index contributed by atoms with van der Waals surface area (Å²) in [6.45, 7) is 12.9. The van der Waals surface area contributed by atoms with E-state index < -0.39 is 0 Å². The molecule has 0 unspecified atom stereocenters. The Morgan fingerprint density at radius 1 is 0.429 bits per heavy atom. The number of hydrogen-bond donors (Lipinski definition) is 0. The van der Waals surface area contributed by atoms with Gasteiger partial charge in [0.1, 0.15) is 0 Å². The van der Waals surface area contributed by atoms with E-state index in [1.165, 1.54) is 44.8 Å². The standard InChI is InChI=1S/C33H38N2/c1-5-34(6-2)32-15-11-9-13-30(32)28-21-17-26(18-22-28)25-27-19-23-29(24-20-27)31-14-10-12-16-33(31)35(7-3)8-4/h9-24H,5-8,25H2,1-4H3. The lowest BCUT2D eigenvalue weighted by molar-refractivity contribution is 0.867. The first kappa shape index (κ1) is 24.6. The van der Waals surface area contributed by atoms with Gasteiger partial charge >= 0.3 is 0 Å². The highest BCUT2D eigenvalue weighted by molar-refractivity contribution is 5.79. The third-order valence-electron chi connectivity index (χ3n) is 6.95. The van der Waals surface area contributed by atoms with Gasteiger partial charge in [-0.05, 0) is 68.5 Å². The maximum Gasteiger partial charge on any atom is 0.0445 e. The van der Waals surface area contributed by atoms with Crippen LogP contribution in [0.1, 0.15) is 38.8 Å². The van der Waals surface area contributed by atoms with Crippen LogP contribution >= 0.6 is 0 Å². The van der Waals surface area contributed by atoms with Gasteiger partial charge in [-0.3, -0.25) is 0 Å². The van der Waals surface area contributed by atoms with Crippen LogP contribution in [0, 0.1) is 0 Å². The Bertz CT molecular complexity index is 1100. The van der Waals surface area contributed by atoms with Crippen LogP contribution in [0.2, 0.25) is 0 Å². The third-order valence-corrected chi connectivity index (χ3v) is 6.95. The SMILES string of the molecule is CCN(CC)c1ccccc1-c1ccc(Cc2ccc(-c3ccccc3N(CC)CC)cc2)cc1. The maximum atomic E-state index is 2.42. The molecule has 4 rings (SSSR count). The molecule has 0 spiro atoms. The van der Waals surface area contributed by atoms with Crippen molar-refractivity contribution in [3.63, 3.8) is 0 Å². The van der Waals surface area contributed by atoms with Crippen LogP contribution < -0.4 is 9.80 Å². The van der Waals surface area contributed by atoms with Crippen LogP contribution in [-0.4, -0.2) is 26.2 Å². The lowest BCUT2D eigenvalue weighted by Crippen LogP contribution is -2.22. The lowest BCUT2D eigenvalue weighted by Gasteiger charge is -2.24. The maximum absolute atomic E-state index is 2.42. The number of hydrogen-bond acceptors (Lipinski definition) is 2. The number of benzene rings is 4. The first-order valence-electron chi connectivity index (χ1n) is 13.0. The second-order valence-electron chi connectivity index (χ2n) is 8.95. The van der Waals surface area contributed by atoms with Gasteiger partial charge in [0.2, 0.25) is 0 Å². The van der Waals surface area contributed by atoms with Crippen molar-refractivity contribution in [2.24, 2.45) is 0 Å². The summed E-state index contributed by atoms with van der Waals surface area (Å²) in [6.07, 6.45) is 0.940. The summed E-state index contributed by atoms with van der Waals surface area (Å²) in [7, 11) is 0. The molecule has 0 bridgehead atoms. The molecule has 0 heterocycles. The molecule has 0 fully saturated rings. The Morgan fingerprint density at radius 3 is 1.11 bits per heavy atom. The van der Waals surface area contributed by atoms with Gasteiger partial charge in [-0.25, -0.2) is 0 Å². The van der Waals surface area contributed by atoms with Crippen molar-refractivity contribution in [3.8, 4) is 22.3 Å². The molecular formula is C33H38N2. The van der Waals surface area contributed by atoms with Crippen molar-refractivity contribution in [2.45, 2.75) is 34.1 Å². The molecule has 4 aromatic rings. The van der Waals surface area contributed by atoms with Crippen LogP contribution in [0.3, 0.4) is 0 Å². The number of anilines is 2.